The van der Waals surface area contributed by atoms with Crippen LogP contribution in [0.2, 0.25) is 5.02 Å². The average Bonchev–Trinajstić information content (AvgIpc) is 3.57. The third-order valence-corrected chi connectivity index (χ3v) is 7.24. The highest BCUT2D eigenvalue weighted by Gasteiger charge is 2.17. The van der Waals surface area contributed by atoms with Gasteiger partial charge in [0.25, 0.3) is 5.91 Å². The minimum absolute atomic E-state index is 0.0825. The molecule has 9 heteroatoms. The number of carboxylic acid groups (broad SMARTS) is 1. The standard InChI is InChI=1S/C29H24ClN3O4S/c30-23-7-3-1-6-22(23)17-33(16-19-9-11-20(12-10-19)28(36)31-14-13-27(34)35)29-32-24(18-38-29)26-15-21-5-2-4-8-25(21)37-26/h1-12,15,18H,13-14,16-17H2,(H,31,36)(H,34,35). The molecule has 0 unspecified atom stereocenters. The second-order valence-electron chi connectivity index (χ2n) is 8.71. The lowest BCUT2D eigenvalue weighted by Crippen LogP contribution is -2.26. The second kappa shape index (κ2) is 11.5. The van der Waals surface area contributed by atoms with E-state index in [-0.39, 0.29) is 18.9 Å². The molecule has 2 N–H and O–H groups in total. The Hall–Kier alpha value is -4.14. The molecule has 2 heterocycles. The van der Waals surface area contributed by atoms with Gasteiger partial charge in [0.1, 0.15) is 11.3 Å². The van der Waals surface area contributed by atoms with Gasteiger partial charge < -0.3 is 19.7 Å². The maximum absolute atomic E-state index is 12.3. The zero-order chi connectivity index (χ0) is 26.5. The van der Waals surface area contributed by atoms with Crippen molar-refractivity contribution in [3.8, 4) is 11.5 Å². The Morgan fingerprint density at radius 1 is 1.00 bits per heavy atom. The first-order chi connectivity index (χ1) is 18.5. The van der Waals surface area contributed by atoms with E-state index in [2.05, 4.69) is 10.2 Å². The number of rotatable bonds is 10. The molecule has 0 aliphatic rings. The lowest BCUT2D eigenvalue weighted by atomic mass is 10.1. The van der Waals surface area contributed by atoms with Gasteiger partial charge in [-0.3, -0.25) is 9.59 Å². The molecule has 3 aromatic carbocycles. The van der Waals surface area contributed by atoms with Crippen molar-refractivity contribution < 1.29 is 19.1 Å². The molecule has 0 bridgehead atoms. The van der Waals surface area contributed by atoms with Gasteiger partial charge in [0.15, 0.2) is 10.9 Å². The summed E-state index contributed by atoms with van der Waals surface area (Å²) >= 11 is 8.01. The number of nitrogens with one attached hydrogen (secondary N) is 1. The number of hydrogen-bond donors (Lipinski definition) is 2. The summed E-state index contributed by atoms with van der Waals surface area (Å²) in [5, 5.41) is 15.9. The highest BCUT2D eigenvalue weighted by Crippen LogP contribution is 2.33. The number of para-hydroxylation sites is 1. The smallest absolute Gasteiger partial charge is 0.305 e. The number of carbonyl (C=O) groups excluding carboxylic acids is 1. The molecular weight excluding hydrogens is 522 g/mol. The lowest BCUT2D eigenvalue weighted by Gasteiger charge is -2.23. The molecule has 0 spiro atoms. The van der Waals surface area contributed by atoms with Gasteiger partial charge in [-0.1, -0.05) is 60.1 Å². The molecule has 0 fully saturated rings. The summed E-state index contributed by atoms with van der Waals surface area (Å²) in [5.74, 6) is -0.546. The quantitative estimate of drug-likeness (QED) is 0.205. The lowest BCUT2D eigenvalue weighted by molar-refractivity contribution is -0.136. The van der Waals surface area contributed by atoms with E-state index >= 15 is 0 Å². The zero-order valence-corrected chi connectivity index (χ0v) is 21.8. The monoisotopic (exact) mass is 545 g/mol. The predicted molar refractivity (Wildman–Crippen MR) is 150 cm³/mol. The third kappa shape index (κ3) is 6.04. The van der Waals surface area contributed by atoms with Crippen LogP contribution in [0.1, 0.15) is 27.9 Å². The van der Waals surface area contributed by atoms with Gasteiger partial charge in [0, 0.05) is 41.0 Å². The highest BCUT2D eigenvalue weighted by atomic mass is 35.5. The van der Waals surface area contributed by atoms with Crippen molar-refractivity contribution in [2.45, 2.75) is 19.5 Å². The van der Waals surface area contributed by atoms with Crippen molar-refractivity contribution >= 4 is 50.9 Å². The van der Waals surface area contributed by atoms with Crippen molar-refractivity contribution in [3.63, 3.8) is 0 Å². The highest BCUT2D eigenvalue weighted by molar-refractivity contribution is 7.14. The molecule has 7 nitrogen and oxygen atoms in total. The summed E-state index contributed by atoms with van der Waals surface area (Å²) in [6.07, 6.45) is -0.120. The molecule has 1 amide bonds. The summed E-state index contributed by atoms with van der Waals surface area (Å²) in [6, 6.07) is 24.8. The van der Waals surface area contributed by atoms with E-state index < -0.39 is 5.97 Å². The number of furan rings is 1. The Kier molecular flexibility index (Phi) is 7.72. The van der Waals surface area contributed by atoms with E-state index in [4.69, 9.17) is 26.1 Å². The second-order valence-corrected chi connectivity index (χ2v) is 9.95. The van der Waals surface area contributed by atoms with Gasteiger partial charge in [-0.15, -0.1) is 11.3 Å². The number of anilines is 1. The van der Waals surface area contributed by atoms with Gasteiger partial charge in [0.2, 0.25) is 0 Å². The van der Waals surface area contributed by atoms with Crippen molar-refractivity contribution in [2.75, 3.05) is 11.4 Å². The molecule has 0 saturated carbocycles. The third-order valence-electron chi connectivity index (χ3n) is 5.97. The fraction of sp³-hybridized carbons (Fsp3) is 0.138. The topological polar surface area (TPSA) is 95.7 Å². The molecule has 5 aromatic rings. The van der Waals surface area contributed by atoms with Gasteiger partial charge in [0.05, 0.1) is 6.42 Å². The summed E-state index contributed by atoms with van der Waals surface area (Å²) in [4.78, 5) is 30.0. The molecule has 5 rings (SSSR count). The molecular formula is C29H24ClN3O4S. The molecule has 0 saturated heterocycles. The van der Waals surface area contributed by atoms with Gasteiger partial charge >= 0.3 is 5.97 Å². The van der Waals surface area contributed by atoms with Crippen LogP contribution in [0.5, 0.6) is 0 Å². The maximum atomic E-state index is 12.3. The molecule has 0 aliphatic carbocycles. The average molecular weight is 546 g/mol. The van der Waals surface area contributed by atoms with Crippen LogP contribution in [0, 0.1) is 0 Å². The Labute approximate surface area is 228 Å². The first kappa shape index (κ1) is 25.5. The number of thiazole rings is 1. The van der Waals surface area contributed by atoms with Gasteiger partial charge in [-0.2, -0.15) is 0 Å². The van der Waals surface area contributed by atoms with Crippen molar-refractivity contribution in [1.29, 1.82) is 0 Å². The number of halogens is 1. The number of aromatic nitrogens is 1. The Balaban J connectivity index is 1.37. The molecule has 0 aliphatic heterocycles. The fourth-order valence-corrected chi connectivity index (χ4v) is 5.03. The van der Waals surface area contributed by atoms with Crippen LogP contribution in [0.3, 0.4) is 0 Å². The van der Waals surface area contributed by atoms with Crippen LogP contribution < -0.4 is 10.2 Å². The van der Waals surface area contributed by atoms with E-state index in [0.717, 1.165) is 32.9 Å². The van der Waals surface area contributed by atoms with E-state index in [1.807, 2.05) is 72.1 Å². The number of hydrogen-bond acceptors (Lipinski definition) is 6. The van der Waals surface area contributed by atoms with Gasteiger partial charge in [-0.25, -0.2) is 4.98 Å². The summed E-state index contributed by atoms with van der Waals surface area (Å²) < 4.78 is 6.01. The molecule has 2 aromatic heterocycles. The number of benzene rings is 3. The normalized spacial score (nSPS) is 11.0. The van der Waals surface area contributed by atoms with E-state index in [1.54, 1.807) is 12.1 Å². The SMILES string of the molecule is O=C(O)CCNC(=O)c1ccc(CN(Cc2ccccc2Cl)c2nc(-c3cc4ccccc4o3)cs2)cc1. The van der Waals surface area contributed by atoms with Crippen LogP contribution >= 0.6 is 22.9 Å². The molecule has 192 valence electrons. The number of carboxylic acids is 1. The summed E-state index contributed by atoms with van der Waals surface area (Å²) in [5.41, 5.74) is 4.01. The van der Waals surface area contributed by atoms with Gasteiger partial charge in [-0.05, 0) is 41.5 Å². The van der Waals surface area contributed by atoms with Crippen molar-refractivity contribution in [2.24, 2.45) is 0 Å². The minimum atomic E-state index is -0.954. The Morgan fingerprint density at radius 2 is 1.76 bits per heavy atom. The number of nitrogens with zero attached hydrogens (tertiary/aromatic N) is 2. The van der Waals surface area contributed by atoms with Crippen molar-refractivity contribution in [1.82, 2.24) is 10.3 Å². The minimum Gasteiger partial charge on any atom is -0.481 e. The van der Waals surface area contributed by atoms with Crippen LogP contribution in [-0.4, -0.2) is 28.5 Å². The van der Waals surface area contributed by atoms with E-state index in [1.165, 1.54) is 11.3 Å². The van der Waals surface area contributed by atoms with E-state index in [0.29, 0.717) is 29.4 Å². The molecule has 0 radical (unpaired) electrons. The zero-order valence-electron chi connectivity index (χ0n) is 20.3. The molecule has 38 heavy (non-hydrogen) atoms. The summed E-state index contributed by atoms with van der Waals surface area (Å²) in [7, 11) is 0. The Bertz CT molecular complexity index is 1550. The largest absolute Gasteiger partial charge is 0.481 e. The number of carbonyl (C=O) groups is 2. The van der Waals surface area contributed by atoms with E-state index in [9.17, 15) is 9.59 Å². The van der Waals surface area contributed by atoms with Crippen LogP contribution in [0.25, 0.3) is 22.4 Å². The number of fused-ring (bicyclic) bond motifs is 1. The van der Waals surface area contributed by atoms with Crippen LogP contribution in [0.4, 0.5) is 5.13 Å². The first-order valence-electron chi connectivity index (χ1n) is 12.0. The molecule has 0 atom stereocenters. The number of aliphatic carboxylic acids is 1. The van der Waals surface area contributed by atoms with Crippen LogP contribution in [-0.2, 0) is 17.9 Å². The fourth-order valence-electron chi connectivity index (χ4n) is 4.02. The van der Waals surface area contributed by atoms with Crippen LogP contribution in [0.15, 0.2) is 88.7 Å². The predicted octanol–water partition coefficient (Wildman–Crippen LogP) is 6.62. The maximum Gasteiger partial charge on any atom is 0.305 e. The summed E-state index contributed by atoms with van der Waals surface area (Å²) in [6.45, 7) is 1.17. The van der Waals surface area contributed by atoms with Crippen molar-refractivity contribution in [3.05, 3.63) is 106 Å². The first-order valence-corrected chi connectivity index (χ1v) is 13.2. The Morgan fingerprint density at radius 3 is 2.53 bits per heavy atom. The number of amides is 1.